The van der Waals surface area contributed by atoms with Gasteiger partial charge in [-0.3, -0.25) is 20.6 Å². The van der Waals surface area contributed by atoms with Gasteiger partial charge in [0.25, 0.3) is 0 Å². The number of alkyl halides is 3. The lowest BCUT2D eigenvalue weighted by molar-refractivity contribution is -0.137. The summed E-state index contributed by atoms with van der Waals surface area (Å²) >= 11 is 5.62. The number of nitrogens with one attached hydrogen (secondary N) is 4. The van der Waals surface area contributed by atoms with Crippen molar-refractivity contribution < 1.29 is 22.8 Å². The second-order valence-electron chi connectivity index (χ2n) is 8.64. The summed E-state index contributed by atoms with van der Waals surface area (Å²) in [5, 5.41) is 4.39. The minimum Gasteiger partial charge on any atom is -0.308 e. The average Bonchev–Trinajstić information content (AvgIpc) is 3.43. The van der Waals surface area contributed by atoms with Gasteiger partial charge in [0.05, 0.1) is 27.3 Å². The first kappa shape index (κ1) is 25.6. The van der Waals surface area contributed by atoms with Crippen LogP contribution < -0.4 is 21.5 Å². The molecule has 0 spiro atoms. The molecule has 1 aromatic heterocycles. The van der Waals surface area contributed by atoms with E-state index in [2.05, 4.69) is 31.5 Å². The zero-order valence-corrected chi connectivity index (χ0v) is 20.3. The van der Waals surface area contributed by atoms with Gasteiger partial charge in [-0.05, 0) is 48.5 Å². The number of hydrogen-bond acceptors (Lipinski definition) is 6. The Bertz CT molecular complexity index is 1540. The number of nitrogens with zero attached hydrogens (tertiary/aromatic N) is 2. The van der Waals surface area contributed by atoms with Gasteiger partial charge in [-0.25, -0.2) is 9.78 Å². The normalized spacial score (nSPS) is 14.0. The van der Waals surface area contributed by atoms with Crippen LogP contribution in [0.2, 0.25) is 5.02 Å². The molecule has 8 nitrogen and oxygen atoms in total. The maximum atomic E-state index is 13.2. The predicted octanol–water partition coefficient (Wildman–Crippen LogP) is 5.37. The van der Waals surface area contributed by atoms with E-state index >= 15 is 0 Å². The molecule has 0 atom stereocenters. The quantitative estimate of drug-likeness (QED) is 0.254. The largest absolute Gasteiger partial charge is 0.417 e. The van der Waals surface area contributed by atoms with Crippen molar-refractivity contribution in [2.24, 2.45) is 0 Å². The second-order valence-corrected chi connectivity index (χ2v) is 9.05. The lowest BCUT2D eigenvalue weighted by atomic mass is 10.0. The summed E-state index contributed by atoms with van der Waals surface area (Å²) in [6, 6.07) is 13.6. The maximum absolute atomic E-state index is 13.2. The number of hydrogen-bond donors (Lipinski definition) is 4. The number of aromatic nitrogens is 2. The van der Waals surface area contributed by atoms with E-state index in [-0.39, 0.29) is 23.1 Å². The molecule has 0 saturated carbocycles. The number of anilines is 2. The SMILES string of the molecule is O=C(Nc1cccc(C(=O)c2ccc3ncc(C4CNNC4)nc3c2)c1)Nc1ccc(Cl)c(C(F)(F)F)c1. The van der Waals surface area contributed by atoms with Crippen molar-refractivity contribution in [1.82, 2.24) is 20.8 Å². The molecule has 1 fully saturated rings. The van der Waals surface area contributed by atoms with Crippen LogP contribution in [0, 0.1) is 0 Å². The highest BCUT2D eigenvalue weighted by atomic mass is 35.5. The zero-order valence-electron chi connectivity index (χ0n) is 19.6. The summed E-state index contributed by atoms with van der Waals surface area (Å²) in [5.74, 6) is -0.118. The summed E-state index contributed by atoms with van der Waals surface area (Å²) in [4.78, 5) is 34.8. The molecule has 0 unspecified atom stereocenters. The molecule has 0 aliphatic carbocycles. The van der Waals surface area contributed by atoms with Crippen LogP contribution in [0.25, 0.3) is 11.0 Å². The topological polar surface area (TPSA) is 108 Å². The molecular formula is C26H20ClF3N6O2. The molecule has 4 aromatic rings. The fourth-order valence-corrected chi connectivity index (χ4v) is 4.28. The number of amides is 2. The van der Waals surface area contributed by atoms with Crippen LogP contribution in [0.3, 0.4) is 0 Å². The molecule has 1 aliphatic rings. The lowest BCUT2D eigenvalue weighted by Crippen LogP contribution is -2.21. The van der Waals surface area contributed by atoms with E-state index in [0.29, 0.717) is 22.2 Å². The van der Waals surface area contributed by atoms with Gasteiger partial charge in [0.1, 0.15) is 0 Å². The molecule has 1 saturated heterocycles. The monoisotopic (exact) mass is 540 g/mol. The fourth-order valence-electron chi connectivity index (χ4n) is 4.05. The Labute approximate surface area is 219 Å². The number of halogens is 4. The molecule has 194 valence electrons. The number of urea groups is 1. The van der Waals surface area contributed by atoms with Gasteiger partial charge in [0.15, 0.2) is 5.78 Å². The van der Waals surface area contributed by atoms with Gasteiger partial charge in [0, 0.05) is 47.7 Å². The smallest absolute Gasteiger partial charge is 0.308 e. The van der Waals surface area contributed by atoms with E-state index in [1.165, 1.54) is 12.1 Å². The number of carbonyl (C=O) groups is 2. The zero-order chi connectivity index (χ0) is 26.9. The van der Waals surface area contributed by atoms with Crippen LogP contribution in [0.15, 0.2) is 66.9 Å². The van der Waals surface area contributed by atoms with Crippen molar-refractivity contribution in [3.63, 3.8) is 0 Å². The Morgan fingerprint density at radius 2 is 1.61 bits per heavy atom. The molecule has 2 amide bonds. The third-order valence-electron chi connectivity index (χ3n) is 5.98. The molecule has 38 heavy (non-hydrogen) atoms. The van der Waals surface area contributed by atoms with E-state index in [9.17, 15) is 22.8 Å². The van der Waals surface area contributed by atoms with Crippen molar-refractivity contribution in [3.8, 4) is 0 Å². The van der Waals surface area contributed by atoms with Crippen molar-refractivity contribution in [2.75, 3.05) is 23.7 Å². The average molecular weight is 541 g/mol. The van der Waals surface area contributed by atoms with Gasteiger partial charge in [-0.1, -0.05) is 23.7 Å². The highest BCUT2D eigenvalue weighted by Gasteiger charge is 2.33. The number of carbonyl (C=O) groups excluding carboxylic acids is 2. The molecule has 2 heterocycles. The van der Waals surface area contributed by atoms with E-state index in [1.807, 2.05) is 0 Å². The van der Waals surface area contributed by atoms with Gasteiger partial charge in [-0.15, -0.1) is 0 Å². The molecule has 1 aliphatic heterocycles. The Balaban J connectivity index is 1.31. The molecule has 5 rings (SSSR count). The van der Waals surface area contributed by atoms with E-state index in [0.717, 1.165) is 30.9 Å². The first-order valence-corrected chi connectivity index (χ1v) is 11.9. The Kier molecular flexibility index (Phi) is 6.98. The second kappa shape index (κ2) is 10.4. The molecular weight excluding hydrogens is 521 g/mol. The van der Waals surface area contributed by atoms with Gasteiger partial charge in [-0.2, -0.15) is 13.2 Å². The third kappa shape index (κ3) is 5.59. The van der Waals surface area contributed by atoms with Crippen LogP contribution in [0.4, 0.5) is 29.3 Å². The van der Waals surface area contributed by atoms with E-state index < -0.39 is 22.8 Å². The van der Waals surface area contributed by atoms with Crippen molar-refractivity contribution >= 4 is 45.8 Å². The maximum Gasteiger partial charge on any atom is 0.417 e. The van der Waals surface area contributed by atoms with Crippen LogP contribution >= 0.6 is 11.6 Å². The van der Waals surface area contributed by atoms with Crippen LogP contribution in [0.1, 0.15) is 33.1 Å². The lowest BCUT2D eigenvalue weighted by Gasteiger charge is -2.13. The molecule has 0 radical (unpaired) electrons. The van der Waals surface area contributed by atoms with Gasteiger partial charge in [0.2, 0.25) is 0 Å². The highest BCUT2D eigenvalue weighted by Crippen LogP contribution is 2.36. The van der Waals surface area contributed by atoms with E-state index in [1.54, 1.807) is 42.6 Å². The summed E-state index contributed by atoms with van der Waals surface area (Å²) in [6.07, 6.45) is -2.93. The Hall–Kier alpha value is -4.06. The number of hydrazine groups is 1. The van der Waals surface area contributed by atoms with Crippen molar-refractivity contribution in [2.45, 2.75) is 12.1 Å². The summed E-state index contributed by atoms with van der Waals surface area (Å²) in [6.45, 7) is 1.46. The molecule has 12 heteroatoms. The first-order valence-electron chi connectivity index (χ1n) is 11.5. The van der Waals surface area contributed by atoms with Gasteiger partial charge < -0.3 is 10.6 Å². The molecule has 4 N–H and O–H groups in total. The minimum absolute atomic E-state index is 0.0905. The Morgan fingerprint density at radius 1 is 0.895 bits per heavy atom. The van der Waals surface area contributed by atoms with Crippen LogP contribution in [-0.2, 0) is 6.18 Å². The fraction of sp³-hybridized carbons (Fsp3) is 0.154. The number of fused-ring (bicyclic) bond motifs is 1. The van der Waals surface area contributed by atoms with Crippen molar-refractivity contribution in [3.05, 3.63) is 94.3 Å². The Morgan fingerprint density at radius 3 is 2.34 bits per heavy atom. The molecule has 3 aromatic carbocycles. The number of ketones is 1. The summed E-state index contributed by atoms with van der Waals surface area (Å²) in [5.41, 5.74) is 8.02. The highest BCUT2D eigenvalue weighted by molar-refractivity contribution is 6.31. The standard InChI is InChI=1S/C26H20ClF3N6O2/c27-20-6-5-18(10-19(20)26(28,29)30)35-25(38)34-17-3-1-2-14(8-17)24(37)15-4-7-21-22(9-15)36-23(13-31-21)16-11-32-33-12-16/h1-10,13,16,32-33H,11-12H2,(H2,34,35,38). The summed E-state index contributed by atoms with van der Waals surface area (Å²) < 4.78 is 39.3. The molecule has 0 bridgehead atoms. The third-order valence-corrected chi connectivity index (χ3v) is 6.31. The number of rotatable bonds is 5. The van der Waals surface area contributed by atoms with E-state index in [4.69, 9.17) is 11.6 Å². The first-order chi connectivity index (χ1) is 18.2. The van der Waals surface area contributed by atoms with Crippen molar-refractivity contribution in [1.29, 1.82) is 0 Å². The minimum atomic E-state index is -4.67. The van der Waals surface area contributed by atoms with Crippen LogP contribution in [-0.4, -0.2) is 34.9 Å². The van der Waals surface area contributed by atoms with Crippen LogP contribution in [0.5, 0.6) is 0 Å². The summed E-state index contributed by atoms with van der Waals surface area (Å²) in [7, 11) is 0. The number of benzene rings is 3. The predicted molar refractivity (Wildman–Crippen MR) is 137 cm³/mol. The van der Waals surface area contributed by atoms with Gasteiger partial charge >= 0.3 is 12.2 Å².